The number of hydrogen-bond acceptors (Lipinski definition) is 8. The summed E-state index contributed by atoms with van der Waals surface area (Å²) in [5.74, 6) is 0.356. The number of halogens is 1. The molecule has 35 heavy (non-hydrogen) atoms. The van der Waals surface area contributed by atoms with Gasteiger partial charge >= 0.3 is 5.97 Å². The Balaban J connectivity index is 1.49. The Labute approximate surface area is 213 Å². The molecule has 0 atom stereocenters. The molecule has 0 aromatic carbocycles. The minimum atomic E-state index is -0.321. The number of amides is 1. The van der Waals surface area contributed by atoms with E-state index in [0.717, 1.165) is 30.8 Å². The number of ether oxygens (including phenoxy) is 1. The van der Waals surface area contributed by atoms with Gasteiger partial charge in [-0.25, -0.2) is 4.98 Å². The lowest BCUT2D eigenvalue weighted by Gasteiger charge is -2.34. The molecule has 0 unspecified atom stereocenters. The molecule has 1 aliphatic heterocycles. The lowest BCUT2D eigenvalue weighted by Crippen LogP contribution is -2.47. The molecule has 3 aromatic heterocycles. The van der Waals surface area contributed by atoms with E-state index in [1.165, 1.54) is 18.4 Å². The number of imidazole rings is 1. The Morgan fingerprint density at radius 2 is 2.06 bits per heavy atom. The third kappa shape index (κ3) is 6.50. The molecular formula is C24H30ClN5O4S. The van der Waals surface area contributed by atoms with Crippen molar-refractivity contribution in [3.63, 3.8) is 0 Å². The van der Waals surface area contributed by atoms with Crippen molar-refractivity contribution in [2.24, 2.45) is 0 Å². The third-order valence-corrected chi connectivity index (χ3v) is 7.39. The lowest BCUT2D eigenvalue weighted by molar-refractivity contribution is -0.140. The van der Waals surface area contributed by atoms with Crippen LogP contribution < -0.4 is 5.32 Å². The summed E-state index contributed by atoms with van der Waals surface area (Å²) in [6.07, 6.45) is 4.15. The van der Waals surface area contributed by atoms with Crippen LogP contribution >= 0.6 is 22.9 Å². The fourth-order valence-corrected chi connectivity index (χ4v) is 5.15. The highest BCUT2D eigenvalue weighted by molar-refractivity contribution is 7.19. The van der Waals surface area contributed by atoms with Crippen LogP contribution in [-0.2, 0) is 22.5 Å². The molecule has 3 aromatic rings. The van der Waals surface area contributed by atoms with Gasteiger partial charge in [0.15, 0.2) is 11.6 Å². The molecular weight excluding hydrogens is 490 g/mol. The van der Waals surface area contributed by atoms with Crippen molar-refractivity contribution in [1.82, 2.24) is 24.9 Å². The van der Waals surface area contributed by atoms with E-state index >= 15 is 0 Å². The topological polar surface area (TPSA) is 102 Å². The van der Waals surface area contributed by atoms with Crippen LogP contribution in [0.25, 0.3) is 10.6 Å². The summed E-state index contributed by atoms with van der Waals surface area (Å²) in [5.41, 5.74) is 1.30. The summed E-state index contributed by atoms with van der Waals surface area (Å²) in [6, 6.07) is 6.12. The molecule has 0 saturated carbocycles. The number of aromatic nitrogens is 3. The van der Waals surface area contributed by atoms with Gasteiger partial charge in [0.1, 0.15) is 5.69 Å². The molecule has 4 heterocycles. The first-order valence-electron chi connectivity index (χ1n) is 11.7. The zero-order valence-corrected chi connectivity index (χ0v) is 21.7. The molecule has 0 radical (unpaired) electrons. The second-order valence-corrected chi connectivity index (χ2v) is 10.6. The highest BCUT2D eigenvalue weighted by atomic mass is 35.5. The van der Waals surface area contributed by atoms with Gasteiger partial charge in [0.05, 0.1) is 35.0 Å². The van der Waals surface area contributed by atoms with Crippen LogP contribution in [0.1, 0.15) is 55.1 Å². The largest absolute Gasteiger partial charge is 0.469 e. The first-order valence-corrected chi connectivity index (χ1v) is 12.9. The van der Waals surface area contributed by atoms with Gasteiger partial charge in [-0.2, -0.15) is 0 Å². The number of carbonyl (C=O) groups excluding carboxylic acids is 2. The van der Waals surface area contributed by atoms with Crippen molar-refractivity contribution in [3.05, 3.63) is 45.9 Å². The van der Waals surface area contributed by atoms with Gasteiger partial charge in [-0.05, 0) is 38.8 Å². The highest BCUT2D eigenvalue weighted by Gasteiger charge is 2.25. The maximum absolute atomic E-state index is 13.2. The number of likely N-dealkylation sites (tertiary alicyclic amines) is 1. The van der Waals surface area contributed by atoms with Crippen molar-refractivity contribution in [3.8, 4) is 10.6 Å². The minimum Gasteiger partial charge on any atom is -0.469 e. The van der Waals surface area contributed by atoms with Crippen molar-refractivity contribution in [2.45, 2.75) is 58.2 Å². The molecule has 188 valence electrons. The van der Waals surface area contributed by atoms with Crippen LogP contribution in [0.5, 0.6) is 0 Å². The Bertz CT molecular complexity index is 1160. The van der Waals surface area contributed by atoms with E-state index in [9.17, 15) is 9.59 Å². The standard InChI is InChI=1S/C24H30ClN5O4S/c1-15(2)29-10-8-16(9-11-29)27-24(32)23-26-17(4-7-22(31)33-3)13-30(23)14-18-12-19(34-28-18)20-5-6-21(25)35-20/h5-6,12-13,15-16H,4,7-11,14H2,1-3H3,(H,27,32). The maximum Gasteiger partial charge on any atom is 0.305 e. The van der Waals surface area contributed by atoms with Crippen molar-refractivity contribution in [1.29, 1.82) is 0 Å². The number of rotatable bonds is 9. The summed E-state index contributed by atoms with van der Waals surface area (Å²) in [7, 11) is 1.35. The third-order valence-electron chi connectivity index (χ3n) is 6.14. The second-order valence-electron chi connectivity index (χ2n) is 8.92. The smallest absolute Gasteiger partial charge is 0.305 e. The van der Waals surface area contributed by atoms with Gasteiger partial charge in [0, 0.05) is 43.9 Å². The number of methoxy groups -OCH3 is 1. The lowest BCUT2D eigenvalue weighted by atomic mass is 10.0. The van der Waals surface area contributed by atoms with E-state index in [4.69, 9.17) is 20.9 Å². The van der Waals surface area contributed by atoms with Crippen molar-refractivity contribution >= 4 is 34.8 Å². The fraction of sp³-hybridized carbons (Fsp3) is 0.500. The van der Waals surface area contributed by atoms with Crippen LogP contribution in [-0.4, -0.2) is 63.8 Å². The predicted molar refractivity (Wildman–Crippen MR) is 134 cm³/mol. The van der Waals surface area contributed by atoms with Gasteiger partial charge in [0.25, 0.3) is 5.91 Å². The van der Waals surface area contributed by atoms with E-state index < -0.39 is 0 Å². The summed E-state index contributed by atoms with van der Waals surface area (Å²) >= 11 is 7.44. The monoisotopic (exact) mass is 519 g/mol. The second kappa shape index (κ2) is 11.4. The zero-order chi connectivity index (χ0) is 24.9. The highest BCUT2D eigenvalue weighted by Crippen LogP contribution is 2.31. The summed E-state index contributed by atoms with van der Waals surface area (Å²) in [5, 5.41) is 7.31. The van der Waals surface area contributed by atoms with Crippen molar-refractivity contribution in [2.75, 3.05) is 20.2 Å². The van der Waals surface area contributed by atoms with Gasteiger partial charge in [-0.15, -0.1) is 11.3 Å². The van der Waals surface area contributed by atoms with Crippen LogP contribution in [0.4, 0.5) is 0 Å². The van der Waals surface area contributed by atoms with Crippen LogP contribution in [0.2, 0.25) is 4.34 Å². The summed E-state index contributed by atoms with van der Waals surface area (Å²) in [6.45, 7) is 6.59. The quantitative estimate of drug-likeness (QED) is 0.426. The van der Waals surface area contributed by atoms with Gasteiger partial charge in [0.2, 0.25) is 0 Å². The number of hydrogen-bond donors (Lipinski definition) is 1. The van der Waals surface area contributed by atoms with E-state index in [-0.39, 0.29) is 24.3 Å². The number of nitrogens with one attached hydrogen (secondary N) is 1. The van der Waals surface area contributed by atoms with E-state index in [2.05, 4.69) is 34.2 Å². The van der Waals surface area contributed by atoms with E-state index in [0.29, 0.717) is 46.3 Å². The molecule has 9 nitrogen and oxygen atoms in total. The number of aryl methyl sites for hydroxylation is 1. The molecule has 0 aliphatic carbocycles. The molecule has 11 heteroatoms. The number of nitrogens with zero attached hydrogens (tertiary/aromatic N) is 4. The molecule has 4 rings (SSSR count). The Morgan fingerprint density at radius 3 is 2.71 bits per heavy atom. The zero-order valence-electron chi connectivity index (χ0n) is 20.1. The fourth-order valence-electron chi connectivity index (χ4n) is 4.16. The summed E-state index contributed by atoms with van der Waals surface area (Å²) < 4.78 is 12.7. The average Bonchev–Trinajstić information content (AvgIpc) is 3.58. The molecule has 1 fully saturated rings. The Hall–Kier alpha value is -2.69. The van der Waals surface area contributed by atoms with E-state index in [1.807, 2.05) is 12.1 Å². The number of thiophene rings is 1. The number of piperidine rings is 1. The predicted octanol–water partition coefficient (Wildman–Crippen LogP) is 4.01. The van der Waals surface area contributed by atoms with Gasteiger partial charge in [-0.1, -0.05) is 16.8 Å². The van der Waals surface area contributed by atoms with Crippen LogP contribution in [0, 0.1) is 0 Å². The number of carbonyl (C=O) groups is 2. The molecule has 1 N–H and O–H groups in total. The SMILES string of the molecule is COC(=O)CCc1cn(Cc2cc(-c3ccc(Cl)s3)on2)c(C(=O)NC2CCN(C(C)C)CC2)n1. The van der Waals surface area contributed by atoms with Gasteiger partial charge < -0.3 is 24.0 Å². The average molecular weight is 520 g/mol. The van der Waals surface area contributed by atoms with Gasteiger partial charge in [-0.3, -0.25) is 9.59 Å². The molecule has 0 bridgehead atoms. The van der Waals surface area contributed by atoms with Crippen LogP contribution in [0.3, 0.4) is 0 Å². The van der Waals surface area contributed by atoms with Crippen molar-refractivity contribution < 1.29 is 18.8 Å². The molecule has 1 saturated heterocycles. The first-order chi connectivity index (χ1) is 16.8. The number of esters is 1. The normalized spacial score (nSPS) is 15.0. The van der Waals surface area contributed by atoms with Crippen LogP contribution in [0.15, 0.2) is 28.9 Å². The first kappa shape index (κ1) is 25.4. The maximum atomic E-state index is 13.2. The molecule has 0 spiro atoms. The molecule has 1 aliphatic rings. The Kier molecular flexibility index (Phi) is 8.25. The summed E-state index contributed by atoms with van der Waals surface area (Å²) in [4.78, 5) is 32.7. The van der Waals surface area contributed by atoms with E-state index in [1.54, 1.807) is 16.8 Å². The minimum absolute atomic E-state index is 0.100. The molecule has 1 amide bonds. The Morgan fingerprint density at radius 1 is 1.29 bits per heavy atom.